The Balaban J connectivity index is 2.48. The summed E-state index contributed by atoms with van der Waals surface area (Å²) in [6.45, 7) is 7.57. The second kappa shape index (κ2) is 7.89. The van der Waals surface area contributed by atoms with Gasteiger partial charge in [-0.25, -0.2) is 0 Å². The lowest BCUT2D eigenvalue weighted by atomic mass is 9.93. The minimum Gasteiger partial charge on any atom is -0.369 e. The van der Waals surface area contributed by atoms with E-state index in [9.17, 15) is 4.79 Å². The zero-order valence-electron chi connectivity index (χ0n) is 12.4. The highest BCUT2D eigenvalue weighted by Crippen LogP contribution is 2.13. The van der Waals surface area contributed by atoms with Crippen LogP contribution in [0.2, 0.25) is 0 Å². The Morgan fingerprint density at radius 3 is 2.75 bits per heavy atom. The Hall–Kier alpha value is -1.56. The number of primary amides is 1. The molecule has 0 fully saturated rings. The number of nitrogens with zero attached hydrogens (tertiary/aromatic N) is 1. The molecule has 4 N–H and O–H groups in total. The number of rotatable bonds is 7. The van der Waals surface area contributed by atoms with E-state index >= 15 is 0 Å². The first-order valence-electron chi connectivity index (χ1n) is 6.80. The number of thiophene rings is 1. The van der Waals surface area contributed by atoms with E-state index in [1.165, 1.54) is 4.88 Å². The molecule has 20 heavy (non-hydrogen) atoms. The molecule has 0 aliphatic rings. The molecule has 6 heteroatoms. The first-order chi connectivity index (χ1) is 9.45. The summed E-state index contributed by atoms with van der Waals surface area (Å²) in [5.41, 5.74) is 4.72. The van der Waals surface area contributed by atoms with Gasteiger partial charge in [0, 0.05) is 18.0 Å². The first kappa shape index (κ1) is 16.5. The summed E-state index contributed by atoms with van der Waals surface area (Å²) in [4.78, 5) is 17.0. The van der Waals surface area contributed by atoms with E-state index in [0.717, 1.165) is 25.5 Å². The zero-order chi connectivity index (χ0) is 15.0. The van der Waals surface area contributed by atoms with Crippen molar-refractivity contribution in [2.45, 2.75) is 27.2 Å². The SMILES string of the molecule is CCNC(=NCC(C)(C)C(N)=O)NCCc1cccs1. The van der Waals surface area contributed by atoms with Crippen molar-refractivity contribution >= 4 is 23.2 Å². The summed E-state index contributed by atoms with van der Waals surface area (Å²) >= 11 is 1.75. The molecule has 1 amide bonds. The van der Waals surface area contributed by atoms with E-state index in [-0.39, 0.29) is 5.91 Å². The van der Waals surface area contributed by atoms with Gasteiger partial charge in [-0.3, -0.25) is 9.79 Å². The highest BCUT2D eigenvalue weighted by Gasteiger charge is 2.24. The molecule has 0 bridgehead atoms. The lowest BCUT2D eigenvalue weighted by Gasteiger charge is -2.19. The summed E-state index contributed by atoms with van der Waals surface area (Å²) in [5.74, 6) is 0.383. The Morgan fingerprint density at radius 1 is 1.45 bits per heavy atom. The molecule has 1 aromatic rings. The number of amides is 1. The van der Waals surface area contributed by atoms with Crippen LogP contribution in [0.3, 0.4) is 0 Å². The van der Waals surface area contributed by atoms with Crippen molar-refractivity contribution in [2.75, 3.05) is 19.6 Å². The van der Waals surface area contributed by atoms with Crippen LogP contribution in [0.5, 0.6) is 0 Å². The van der Waals surface area contributed by atoms with Gasteiger partial charge in [0.25, 0.3) is 0 Å². The number of nitrogens with two attached hydrogens (primary N) is 1. The largest absolute Gasteiger partial charge is 0.369 e. The van der Waals surface area contributed by atoms with E-state index in [4.69, 9.17) is 5.73 Å². The number of hydrogen-bond donors (Lipinski definition) is 3. The van der Waals surface area contributed by atoms with E-state index in [1.807, 2.05) is 6.92 Å². The molecule has 0 spiro atoms. The molecule has 112 valence electrons. The lowest BCUT2D eigenvalue weighted by molar-refractivity contribution is -0.125. The third-order valence-electron chi connectivity index (χ3n) is 2.89. The molecule has 0 aromatic carbocycles. The van der Waals surface area contributed by atoms with Gasteiger partial charge >= 0.3 is 0 Å². The van der Waals surface area contributed by atoms with Crippen LogP contribution in [0.4, 0.5) is 0 Å². The van der Waals surface area contributed by atoms with Gasteiger partial charge in [0.05, 0.1) is 12.0 Å². The highest BCUT2D eigenvalue weighted by atomic mass is 32.1. The second-order valence-electron chi connectivity index (χ2n) is 5.20. The predicted octanol–water partition coefficient (Wildman–Crippen LogP) is 1.36. The maximum absolute atomic E-state index is 11.3. The van der Waals surface area contributed by atoms with Crippen LogP contribution in [0.25, 0.3) is 0 Å². The van der Waals surface area contributed by atoms with E-state index in [0.29, 0.717) is 6.54 Å². The molecule has 1 rings (SSSR count). The van der Waals surface area contributed by atoms with Crippen molar-refractivity contribution in [1.29, 1.82) is 0 Å². The van der Waals surface area contributed by atoms with Crippen LogP contribution >= 0.6 is 11.3 Å². The summed E-state index contributed by atoms with van der Waals surface area (Å²) in [6, 6.07) is 4.17. The first-order valence-corrected chi connectivity index (χ1v) is 7.68. The van der Waals surface area contributed by atoms with Crippen molar-refractivity contribution in [3.05, 3.63) is 22.4 Å². The zero-order valence-corrected chi connectivity index (χ0v) is 13.2. The van der Waals surface area contributed by atoms with Crippen molar-refractivity contribution in [3.63, 3.8) is 0 Å². The summed E-state index contributed by atoms with van der Waals surface area (Å²) in [5, 5.41) is 8.50. The predicted molar refractivity (Wildman–Crippen MR) is 85.0 cm³/mol. The smallest absolute Gasteiger partial charge is 0.224 e. The van der Waals surface area contributed by atoms with Crippen molar-refractivity contribution in [3.8, 4) is 0 Å². The number of nitrogens with one attached hydrogen (secondary N) is 2. The minimum atomic E-state index is -0.629. The lowest BCUT2D eigenvalue weighted by Crippen LogP contribution is -2.40. The summed E-state index contributed by atoms with van der Waals surface area (Å²) in [6.07, 6.45) is 0.960. The number of hydrogen-bond acceptors (Lipinski definition) is 3. The molecular formula is C14H24N4OS. The van der Waals surface area contributed by atoms with Crippen molar-refractivity contribution in [2.24, 2.45) is 16.1 Å². The normalized spacial score (nSPS) is 12.2. The van der Waals surface area contributed by atoms with Crippen LogP contribution < -0.4 is 16.4 Å². The molecule has 1 aromatic heterocycles. The number of aliphatic imine (C=N–C) groups is 1. The molecule has 0 saturated carbocycles. The molecule has 0 radical (unpaired) electrons. The third-order valence-corrected chi connectivity index (χ3v) is 3.82. The highest BCUT2D eigenvalue weighted by molar-refractivity contribution is 7.09. The number of carbonyl (C=O) groups is 1. The number of guanidine groups is 1. The average molecular weight is 296 g/mol. The van der Waals surface area contributed by atoms with Gasteiger partial charge in [0.2, 0.25) is 5.91 Å². The standard InChI is InChI=1S/C14H24N4OS/c1-4-16-13(18-10-14(2,3)12(15)19)17-8-7-11-6-5-9-20-11/h5-6,9H,4,7-8,10H2,1-3H3,(H2,15,19)(H2,16,17,18). The molecule has 0 aliphatic carbocycles. The van der Waals surface area contributed by atoms with Gasteiger partial charge in [-0.1, -0.05) is 6.07 Å². The van der Waals surface area contributed by atoms with E-state index in [1.54, 1.807) is 25.2 Å². The van der Waals surface area contributed by atoms with Crippen LogP contribution in [0.15, 0.2) is 22.5 Å². The third kappa shape index (κ3) is 5.61. The van der Waals surface area contributed by atoms with Gasteiger partial charge in [-0.2, -0.15) is 0 Å². The fourth-order valence-electron chi connectivity index (χ4n) is 1.46. The van der Waals surface area contributed by atoms with Gasteiger partial charge in [-0.05, 0) is 38.6 Å². The maximum atomic E-state index is 11.3. The second-order valence-corrected chi connectivity index (χ2v) is 6.23. The molecule has 5 nitrogen and oxygen atoms in total. The molecule has 0 atom stereocenters. The van der Waals surface area contributed by atoms with Gasteiger partial charge in [0.15, 0.2) is 5.96 Å². The van der Waals surface area contributed by atoms with Crippen LogP contribution in [0.1, 0.15) is 25.6 Å². The van der Waals surface area contributed by atoms with Crippen LogP contribution in [0, 0.1) is 5.41 Å². The molecule has 0 unspecified atom stereocenters. The Bertz CT molecular complexity index is 440. The Morgan fingerprint density at radius 2 is 2.20 bits per heavy atom. The topological polar surface area (TPSA) is 79.5 Å². The molecule has 0 saturated heterocycles. The Labute approximate surface area is 124 Å². The molecule has 1 heterocycles. The summed E-state index contributed by atoms with van der Waals surface area (Å²) in [7, 11) is 0. The van der Waals surface area contributed by atoms with E-state index < -0.39 is 5.41 Å². The monoisotopic (exact) mass is 296 g/mol. The van der Waals surface area contributed by atoms with Gasteiger partial charge in [-0.15, -0.1) is 11.3 Å². The fourth-order valence-corrected chi connectivity index (χ4v) is 2.16. The van der Waals surface area contributed by atoms with E-state index in [2.05, 4.69) is 33.1 Å². The number of carbonyl (C=O) groups excluding carboxylic acids is 1. The fraction of sp³-hybridized carbons (Fsp3) is 0.571. The average Bonchev–Trinajstić information content (AvgIpc) is 2.89. The Kier molecular flexibility index (Phi) is 6.51. The molecular weight excluding hydrogens is 272 g/mol. The van der Waals surface area contributed by atoms with Crippen molar-refractivity contribution in [1.82, 2.24) is 10.6 Å². The van der Waals surface area contributed by atoms with Crippen LogP contribution in [-0.4, -0.2) is 31.5 Å². The van der Waals surface area contributed by atoms with Crippen LogP contribution in [-0.2, 0) is 11.2 Å². The minimum absolute atomic E-state index is 0.337. The maximum Gasteiger partial charge on any atom is 0.224 e. The van der Waals surface area contributed by atoms with Gasteiger partial charge < -0.3 is 16.4 Å². The molecule has 0 aliphatic heterocycles. The van der Waals surface area contributed by atoms with Gasteiger partial charge in [0.1, 0.15) is 0 Å². The quantitative estimate of drug-likeness (QED) is 0.525. The van der Waals surface area contributed by atoms with Crippen molar-refractivity contribution < 1.29 is 4.79 Å². The summed E-state index contributed by atoms with van der Waals surface area (Å²) < 4.78 is 0.